The predicted molar refractivity (Wildman–Crippen MR) is 83.2 cm³/mol. The summed E-state index contributed by atoms with van der Waals surface area (Å²) in [6.45, 7) is 3.86. The van der Waals surface area contributed by atoms with Crippen LogP contribution in [0, 0.1) is 0 Å². The standard InChI is InChI=1S/C15H17N3OS/c1-15(2,14-17-8-9-20-14)18-13(19)7-6-11-4-3-5-12(16)10-11/h3-10H,16H2,1-2H3,(H,18,19)/b7-6+. The lowest BCUT2D eigenvalue weighted by Crippen LogP contribution is -2.39. The second-order valence-corrected chi connectivity index (χ2v) is 5.85. The summed E-state index contributed by atoms with van der Waals surface area (Å²) in [4.78, 5) is 16.2. The van der Waals surface area contributed by atoms with Crippen molar-refractivity contribution in [2.75, 3.05) is 5.73 Å². The van der Waals surface area contributed by atoms with E-state index in [0.29, 0.717) is 5.69 Å². The molecule has 5 heteroatoms. The smallest absolute Gasteiger partial charge is 0.244 e. The highest BCUT2D eigenvalue weighted by Gasteiger charge is 2.24. The molecule has 0 bridgehead atoms. The second kappa shape index (κ2) is 5.88. The highest BCUT2D eigenvalue weighted by Crippen LogP contribution is 2.21. The van der Waals surface area contributed by atoms with Gasteiger partial charge in [-0.05, 0) is 37.6 Å². The number of nitrogens with zero attached hydrogens (tertiary/aromatic N) is 1. The van der Waals surface area contributed by atoms with Crippen molar-refractivity contribution in [2.24, 2.45) is 0 Å². The Morgan fingerprint density at radius 1 is 1.45 bits per heavy atom. The fraction of sp³-hybridized carbons (Fsp3) is 0.200. The van der Waals surface area contributed by atoms with Gasteiger partial charge < -0.3 is 11.1 Å². The molecule has 0 atom stereocenters. The Kier molecular flexibility index (Phi) is 4.20. The number of amides is 1. The molecule has 3 N–H and O–H groups in total. The van der Waals surface area contributed by atoms with Gasteiger partial charge in [0.1, 0.15) is 5.01 Å². The van der Waals surface area contributed by atoms with Gasteiger partial charge in [0.2, 0.25) is 5.91 Å². The van der Waals surface area contributed by atoms with E-state index in [2.05, 4.69) is 10.3 Å². The van der Waals surface area contributed by atoms with Crippen molar-refractivity contribution in [3.05, 3.63) is 52.5 Å². The van der Waals surface area contributed by atoms with Crippen LogP contribution >= 0.6 is 11.3 Å². The van der Waals surface area contributed by atoms with Crippen LogP contribution in [0.5, 0.6) is 0 Å². The summed E-state index contributed by atoms with van der Waals surface area (Å²) in [6, 6.07) is 7.37. The molecule has 0 saturated carbocycles. The van der Waals surface area contributed by atoms with Gasteiger partial charge in [-0.1, -0.05) is 12.1 Å². The van der Waals surface area contributed by atoms with E-state index in [9.17, 15) is 4.79 Å². The van der Waals surface area contributed by atoms with Crippen LogP contribution in [-0.2, 0) is 10.3 Å². The first kappa shape index (κ1) is 14.3. The number of anilines is 1. The number of hydrogen-bond donors (Lipinski definition) is 2. The van der Waals surface area contributed by atoms with E-state index in [1.165, 1.54) is 17.4 Å². The summed E-state index contributed by atoms with van der Waals surface area (Å²) in [6.07, 6.45) is 4.98. The van der Waals surface area contributed by atoms with E-state index in [-0.39, 0.29) is 5.91 Å². The third-order valence-corrected chi connectivity index (χ3v) is 3.84. The fourth-order valence-corrected chi connectivity index (χ4v) is 2.49. The number of carbonyl (C=O) groups is 1. The molecule has 2 aromatic rings. The first-order valence-corrected chi connectivity index (χ1v) is 7.11. The lowest BCUT2D eigenvalue weighted by atomic mass is 10.1. The van der Waals surface area contributed by atoms with E-state index >= 15 is 0 Å². The number of nitrogens with one attached hydrogen (secondary N) is 1. The normalized spacial score (nSPS) is 11.7. The lowest BCUT2D eigenvalue weighted by Gasteiger charge is -2.22. The molecule has 104 valence electrons. The molecule has 1 aromatic heterocycles. The first-order chi connectivity index (χ1) is 9.47. The van der Waals surface area contributed by atoms with Gasteiger partial charge in [0.25, 0.3) is 0 Å². The molecule has 0 aliphatic rings. The highest BCUT2D eigenvalue weighted by molar-refractivity contribution is 7.09. The van der Waals surface area contributed by atoms with Crippen LogP contribution in [0.1, 0.15) is 24.4 Å². The van der Waals surface area contributed by atoms with Crippen molar-refractivity contribution in [2.45, 2.75) is 19.4 Å². The molecule has 0 unspecified atom stereocenters. The van der Waals surface area contributed by atoms with Crippen LogP contribution in [0.3, 0.4) is 0 Å². The first-order valence-electron chi connectivity index (χ1n) is 6.23. The Morgan fingerprint density at radius 3 is 2.90 bits per heavy atom. The van der Waals surface area contributed by atoms with Crippen LogP contribution in [0.2, 0.25) is 0 Å². The third-order valence-electron chi connectivity index (χ3n) is 2.74. The quantitative estimate of drug-likeness (QED) is 0.671. The number of aromatic nitrogens is 1. The molecule has 0 spiro atoms. The number of carbonyl (C=O) groups excluding carboxylic acids is 1. The maximum atomic E-state index is 12.0. The Hall–Kier alpha value is -2.14. The number of nitrogen functional groups attached to an aromatic ring is 1. The largest absolute Gasteiger partial charge is 0.399 e. The number of rotatable bonds is 4. The summed E-state index contributed by atoms with van der Waals surface area (Å²) < 4.78 is 0. The molecule has 0 saturated heterocycles. The monoisotopic (exact) mass is 287 g/mol. The van der Waals surface area contributed by atoms with E-state index in [1.54, 1.807) is 12.3 Å². The molecule has 0 aliphatic heterocycles. The summed E-state index contributed by atoms with van der Waals surface area (Å²) in [7, 11) is 0. The van der Waals surface area contributed by atoms with E-state index in [1.807, 2.05) is 43.5 Å². The SMILES string of the molecule is CC(C)(NC(=O)/C=C/c1cccc(N)c1)c1nccs1. The number of thiazole rings is 1. The topological polar surface area (TPSA) is 68.0 Å². The molecular weight excluding hydrogens is 270 g/mol. The van der Waals surface area contributed by atoms with Gasteiger partial charge in [-0.2, -0.15) is 0 Å². The van der Waals surface area contributed by atoms with Gasteiger partial charge in [-0.25, -0.2) is 4.98 Å². The van der Waals surface area contributed by atoms with Crippen molar-refractivity contribution in [3.8, 4) is 0 Å². The number of benzene rings is 1. The maximum absolute atomic E-state index is 12.0. The van der Waals surface area contributed by atoms with Gasteiger partial charge in [-0.3, -0.25) is 4.79 Å². The van der Waals surface area contributed by atoms with Crippen LogP contribution in [-0.4, -0.2) is 10.9 Å². The van der Waals surface area contributed by atoms with Gasteiger partial charge in [0.05, 0.1) is 5.54 Å². The Bertz CT molecular complexity index is 618. The van der Waals surface area contributed by atoms with Crippen molar-refractivity contribution in [3.63, 3.8) is 0 Å². The minimum atomic E-state index is -0.481. The summed E-state index contributed by atoms with van der Waals surface area (Å²) >= 11 is 1.52. The number of nitrogens with two attached hydrogens (primary N) is 1. The molecule has 4 nitrogen and oxygen atoms in total. The van der Waals surface area contributed by atoms with Crippen LogP contribution in [0.4, 0.5) is 5.69 Å². The minimum Gasteiger partial charge on any atom is -0.399 e. The van der Waals surface area contributed by atoms with Crippen molar-refractivity contribution >= 4 is 29.0 Å². The summed E-state index contributed by atoms with van der Waals surface area (Å²) in [5.41, 5.74) is 6.78. The second-order valence-electron chi connectivity index (χ2n) is 4.95. The molecular formula is C15H17N3OS. The molecule has 1 heterocycles. The number of hydrogen-bond acceptors (Lipinski definition) is 4. The highest BCUT2D eigenvalue weighted by atomic mass is 32.1. The predicted octanol–water partition coefficient (Wildman–Crippen LogP) is 2.79. The van der Waals surface area contributed by atoms with Crippen molar-refractivity contribution in [1.82, 2.24) is 10.3 Å². The Morgan fingerprint density at radius 2 is 2.25 bits per heavy atom. The van der Waals surface area contributed by atoms with E-state index in [4.69, 9.17) is 5.73 Å². The molecule has 20 heavy (non-hydrogen) atoms. The van der Waals surface area contributed by atoms with Crippen molar-refractivity contribution in [1.29, 1.82) is 0 Å². The van der Waals surface area contributed by atoms with Crippen LogP contribution in [0.15, 0.2) is 41.9 Å². The van der Waals surface area contributed by atoms with E-state index in [0.717, 1.165) is 10.6 Å². The zero-order chi connectivity index (χ0) is 14.6. The van der Waals surface area contributed by atoms with Gasteiger partial charge in [-0.15, -0.1) is 11.3 Å². The average molecular weight is 287 g/mol. The third kappa shape index (κ3) is 3.68. The summed E-state index contributed by atoms with van der Waals surface area (Å²) in [5, 5.41) is 5.71. The van der Waals surface area contributed by atoms with Crippen molar-refractivity contribution < 1.29 is 4.79 Å². The van der Waals surface area contributed by atoms with Crippen LogP contribution < -0.4 is 11.1 Å². The molecule has 1 aromatic carbocycles. The average Bonchev–Trinajstić information content (AvgIpc) is 2.90. The fourth-order valence-electron chi connectivity index (χ4n) is 1.77. The summed E-state index contributed by atoms with van der Waals surface area (Å²) in [5.74, 6) is -0.160. The molecule has 0 fully saturated rings. The van der Waals surface area contributed by atoms with Gasteiger partial charge in [0, 0.05) is 23.3 Å². The maximum Gasteiger partial charge on any atom is 0.244 e. The molecule has 0 radical (unpaired) electrons. The minimum absolute atomic E-state index is 0.160. The molecule has 2 rings (SSSR count). The Balaban J connectivity index is 2.02. The molecule has 0 aliphatic carbocycles. The Labute approximate surface area is 122 Å². The zero-order valence-corrected chi connectivity index (χ0v) is 12.3. The van der Waals surface area contributed by atoms with Crippen LogP contribution in [0.25, 0.3) is 6.08 Å². The van der Waals surface area contributed by atoms with Gasteiger partial charge >= 0.3 is 0 Å². The van der Waals surface area contributed by atoms with Gasteiger partial charge in [0.15, 0.2) is 0 Å². The van der Waals surface area contributed by atoms with E-state index < -0.39 is 5.54 Å². The molecule has 1 amide bonds. The lowest BCUT2D eigenvalue weighted by molar-refractivity contribution is -0.118. The zero-order valence-electron chi connectivity index (χ0n) is 11.5.